The van der Waals surface area contributed by atoms with E-state index in [0.717, 1.165) is 23.2 Å². The molecule has 2 heterocycles. The Morgan fingerprint density at radius 2 is 2.33 bits per heavy atom. The lowest BCUT2D eigenvalue weighted by atomic mass is 10.1. The number of amidine groups is 1. The van der Waals surface area contributed by atoms with Crippen molar-refractivity contribution in [1.82, 2.24) is 4.90 Å². The minimum absolute atomic E-state index is 0.864. The lowest BCUT2D eigenvalue weighted by Crippen LogP contribution is -2.35. The second-order valence-electron chi connectivity index (χ2n) is 3.68. The molecule has 0 fully saturated rings. The van der Waals surface area contributed by atoms with Crippen LogP contribution in [0.4, 0.5) is 0 Å². The van der Waals surface area contributed by atoms with E-state index in [2.05, 4.69) is 35.0 Å². The van der Waals surface area contributed by atoms with Crippen LogP contribution in [0.15, 0.2) is 28.1 Å². The average molecular weight is 234 g/mol. The minimum atomic E-state index is 0.864. The number of aryl methyl sites for hydroxylation is 1. The van der Waals surface area contributed by atoms with Crippen LogP contribution in [-0.2, 0) is 0 Å². The van der Waals surface area contributed by atoms with Crippen molar-refractivity contribution >= 4 is 34.1 Å². The monoisotopic (exact) mass is 234 g/mol. The topological polar surface area (TPSA) is 15.6 Å². The number of rotatable bonds is 0. The van der Waals surface area contributed by atoms with Gasteiger partial charge in [-0.3, -0.25) is 4.99 Å². The molecule has 0 saturated carbocycles. The first kappa shape index (κ1) is 9.36. The van der Waals surface area contributed by atoms with E-state index in [0.29, 0.717) is 0 Å². The van der Waals surface area contributed by atoms with Crippen molar-refractivity contribution < 1.29 is 0 Å². The number of benzene rings is 1. The lowest BCUT2D eigenvalue weighted by molar-refractivity contribution is 0.685. The summed E-state index contributed by atoms with van der Waals surface area (Å²) in [5, 5.41) is 0. The van der Waals surface area contributed by atoms with Crippen molar-refractivity contribution in [3.05, 3.63) is 29.3 Å². The highest BCUT2D eigenvalue weighted by molar-refractivity contribution is 8.23. The second-order valence-corrected chi connectivity index (χ2v) is 5.32. The molecule has 0 N–H and O–H groups in total. The van der Waals surface area contributed by atoms with Crippen molar-refractivity contribution in [3.63, 3.8) is 0 Å². The molecule has 0 aliphatic carbocycles. The van der Waals surface area contributed by atoms with Gasteiger partial charge in [-0.2, -0.15) is 0 Å². The molecule has 3 rings (SSSR count). The van der Waals surface area contributed by atoms with Crippen molar-refractivity contribution in [2.24, 2.45) is 4.99 Å². The molecule has 0 aromatic heterocycles. The highest BCUT2D eigenvalue weighted by Crippen LogP contribution is 2.36. The summed E-state index contributed by atoms with van der Waals surface area (Å²) < 4.78 is 0.938. The van der Waals surface area contributed by atoms with Gasteiger partial charge in [0.05, 0.1) is 6.54 Å². The van der Waals surface area contributed by atoms with E-state index < -0.39 is 0 Å². The maximum absolute atomic E-state index is 5.39. The number of hydrogen-bond acceptors (Lipinski definition) is 3. The van der Waals surface area contributed by atoms with Gasteiger partial charge in [-0.1, -0.05) is 42.2 Å². The van der Waals surface area contributed by atoms with Gasteiger partial charge in [-0.05, 0) is 12.5 Å². The fourth-order valence-corrected chi connectivity index (χ4v) is 3.35. The van der Waals surface area contributed by atoms with Gasteiger partial charge >= 0.3 is 0 Å². The van der Waals surface area contributed by atoms with Crippen LogP contribution >= 0.6 is 24.0 Å². The van der Waals surface area contributed by atoms with Gasteiger partial charge in [0.1, 0.15) is 10.2 Å². The van der Waals surface area contributed by atoms with Crippen LogP contribution in [0.1, 0.15) is 11.1 Å². The minimum Gasteiger partial charge on any atom is -0.310 e. The summed E-state index contributed by atoms with van der Waals surface area (Å²) in [5.41, 5.74) is 2.53. The summed E-state index contributed by atoms with van der Waals surface area (Å²) in [7, 11) is 0. The maximum Gasteiger partial charge on any atom is 0.146 e. The molecule has 0 amide bonds. The molecule has 4 heteroatoms. The van der Waals surface area contributed by atoms with Gasteiger partial charge in [-0.25, -0.2) is 0 Å². The van der Waals surface area contributed by atoms with Crippen LogP contribution in [0.25, 0.3) is 0 Å². The van der Waals surface area contributed by atoms with Crippen LogP contribution in [0.3, 0.4) is 0 Å². The molecule has 0 saturated heterocycles. The molecule has 2 nitrogen and oxygen atoms in total. The maximum atomic E-state index is 5.39. The van der Waals surface area contributed by atoms with Gasteiger partial charge < -0.3 is 4.90 Å². The molecule has 1 aromatic rings. The van der Waals surface area contributed by atoms with Gasteiger partial charge in [0.2, 0.25) is 0 Å². The van der Waals surface area contributed by atoms with Crippen molar-refractivity contribution in [3.8, 4) is 0 Å². The third kappa shape index (κ3) is 1.32. The largest absolute Gasteiger partial charge is 0.310 e. The molecule has 0 radical (unpaired) electrons. The number of fused-ring (bicyclic) bond motifs is 3. The SMILES string of the molecule is Cc1cccc2c1SC(=S)N1CCN=C21. The van der Waals surface area contributed by atoms with Crippen molar-refractivity contribution in [1.29, 1.82) is 0 Å². The quantitative estimate of drug-likeness (QED) is 0.641. The van der Waals surface area contributed by atoms with Crippen molar-refractivity contribution in [2.75, 3.05) is 13.1 Å². The van der Waals surface area contributed by atoms with E-state index in [4.69, 9.17) is 12.2 Å². The number of hydrogen-bond donors (Lipinski definition) is 0. The number of thioether (sulfide) groups is 1. The smallest absolute Gasteiger partial charge is 0.146 e. The first-order valence-corrected chi connectivity index (χ1v) is 6.13. The molecular weight excluding hydrogens is 224 g/mol. The van der Waals surface area contributed by atoms with E-state index in [1.807, 2.05) is 0 Å². The summed E-state index contributed by atoms with van der Waals surface area (Å²) in [5.74, 6) is 1.07. The molecule has 2 aliphatic heterocycles. The lowest BCUT2D eigenvalue weighted by Gasteiger charge is -2.28. The van der Waals surface area contributed by atoms with E-state index >= 15 is 0 Å². The Labute approximate surface area is 98.4 Å². The third-order valence-electron chi connectivity index (χ3n) is 2.70. The zero-order valence-corrected chi connectivity index (χ0v) is 9.99. The van der Waals surface area contributed by atoms with Crippen molar-refractivity contribution in [2.45, 2.75) is 11.8 Å². The Balaban J connectivity index is 2.23. The molecule has 76 valence electrons. The predicted molar refractivity (Wildman–Crippen MR) is 67.7 cm³/mol. The fraction of sp³-hybridized carbons (Fsp3) is 0.273. The zero-order valence-electron chi connectivity index (χ0n) is 8.36. The van der Waals surface area contributed by atoms with E-state index in [-0.39, 0.29) is 0 Å². The molecule has 1 aromatic carbocycles. The van der Waals surface area contributed by atoms with Crippen LogP contribution < -0.4 is 0 Å². The van der Waals surface area contributed by atoms with Crippen LogP contribution in [-0.4, -0.2) is 28.1 Å². The number of aliphatic imine (C=N–C) groups is 1. The molecule has 0 atom stereocenters. The van der Waals surface area contributed by atoms with E-state index in [1.54, 1.807) is 11.8 Å². The fourth-order valence-electron chi connectivity index (χ4n) is 1.96. The Kier molecular flexibility index (Phi) is 2.07. The summed E-state index contributed by atoms with van der Waals surface area (Å²) in [6.07, 6.45) is 0. The van der Waals surface area contributed by atoms with Gasteiger partial charge in [0.25, 0.3) is 0 Å². The molecule has 2 aliphatic rings. The van der Waals surface area contributed by atoms with Gasteiger partial charge in [0.15, 0.2) is 0 Å². The average Bonchev–Trinajstić information content (AvgIpc) is 2.69. The highest BCUT2D eigenvalue weighted by atomic mass is 32.2. The summed E-state index contributed by atoms with van der Waals surface area (Å²) >= 11 is 7.08. The third-order valence-corrected chi connectivity index (χ3v) is 4.31. The summed E-state index contributed by atoms with van der Waals surface area (Å²) in [6.45, 7) is 3.93. The van der Waals surface area contributed by atoms with E-state index in [9.17, 15) is 0 Å². The number of thiocarbonyl (C=S) groups is 1. The standard InChI is InChI=1S/C11H10N2S2/c1-7-3-2-4-8-9(7)15-11(14)13-6-5-12-10(8)13/h2-4H,5-6H2,1H3. The Bertz CT molecular complexity index is 479. The molecular formula is C11H10N2S2. The molecule has 0 spiro atoms. The first-order valence-electron chi connectivity index (χ1n) is 4.91. The van der Waals surface area contributed by atoms with Gasteiger partial charge in [-0.15, -0.1) is 0 Å². The second kappa shape index (κ2) is 3.32. The number of nitrogens with zero attached hydrogens (tertiary/aromatic N) is 2. The molecule has 0 unspecified atom stereocenters. The Morgan fingerprint density at radius 1 is 1.47 bits per heavy atom. The molecule has 15 heavy (non-hydrogen) atoms. The first-order chi connectivity index (χ1) is 7.27. The summed E-state index contributed by atoms with van der Waals surface area (Å²) in [4.78, 5) is 7.95. The zero-order chi connectivity index (χ0) is 10.4. The van der Waals surface area contributed by atoms with Crippen LogP contribution in [0, 0.1) is 6.92 Å². The Morgan fingerprint density at radius 3 is 3.20 bits per heavy atom. The van der Waals surface area contributed by atoms with Crippen LogP contribution in [0.2, 0.25) is 0 Å². The molecule has 0 bridgehead atoms. The Hall–Kier alpha value is -0.870. The van der Waals surface area contributed by atoms with Gasteiger partial charge in [0, 0.05) is 17.0 Å². The summed E-state index contributed by atoms with van der Waals surface area (Å²) in [6, 6.07) is 6.34. The predicted octanol–water partition coefficient (Wildman–Crippen LogP) is 2.45. The van der Waals surface area contributed by atoms with E-state index in [1.165, 1.54) is 16.0 Å². The highest BCUT2D eigenvalue weighted by Gasteiger charge is 2.30. The normalized spacial score (nSPS) is 18.6. The van der Waals surface area contributed by atoms with Crippen LogP contribution in [0.5, 0.6) is 0 Å².